The van der Waals surface area contributed by atoms with Crippen LogP contribution >= 0.6 is 19.4 Å². The fraction of sp³-hybridized carbons (Fsp3) is 0.154. The lowest BCUT2D eigenvalue weighted by Gasteiger charge is -2.26. The third kappa shape index (κ3) is 4.96. The molecule has 5 rings (SSSR count). The molecule has 0 saturated carbocycles. The average molecular weight is 576 g/mol. The third-order valence-corrected chi connectivity index (χ3v) is 8.46. The van der Waals surface area contributed by atoms with Gasteiger partial charge in [0, 0.05) is 28.6 Å². The summed E-state index contributed by atoms with van der Waals surface area (Å²) in [4.78, 5) is 39.0. The third-order valence-electron chi connectivity index (χ3n) is 6.27. The maximum atomic E-state index is 13.8. The van der Waals surface area contributed by atoms with Crippen molar-refractivity contribution in [3.05, 3.63) is 89.1 Å². The van der Waals surface area contributed by atoms with E-state index in [1.165, 1.54) is 48.5 Å². The molecule has 1 unspecified atom stereocenters. The molecule has 1 aliphatic heterocycles. The second kappa shape index (κ2) is 9.87. The van der Waals surface area contributed by atoms with E-state index in [-0.39, 0.29) is 34.4 Å². The Labute approximate surface area is 224 Å². The van der Waals surface area contributed by atoms with Gasteiger partial charge in [0.15, 0.2) is 5.75 Å². The summed E-state index contributed by atoms with van der Waals surface area (Å²) in [7, 11) is -3.17. The Kier molecular flexibility index (Phi) is 6.84. The summed E-state index contributed by atoms with van der Waals surface area (Å²) >= 11 is 1.08. The molecule has 39 heavy (non-hydrogen) atoms. The lowest BCUT2D eigenvalue weighted by molar-refractivity contribution is -0.137. The molecule has 1 aromatic heterocycles. The normalized spacial score (nSPS) is 15.6. The summed E-state index contributed by atoms with van der Waals surface area (Å²) in [6.45, 7) is -0.117. The summed E-state index contributed by atoms with van der Waals surface area (Å²) in [6.07, 6.45) is -3.07. The van der Waals surface area contributed by atoms with Crippen LogP contribution in [-0.4, -0.2) is 37.8 Å². The van der Waals surface area contributed by atoms with Crippen LogP contribution in [0.25, 0.3) is 10.9 Å². The molecule has 13 heteroatoms. The van der Waals surface area contributed by atoms with Gasteiger partial charge in [-0.1, -0.05) is 30.0 Å². The van der Waals surface area contributed by atoms with E-state index < -0.39 is 30.6 Å². The number of amides is 1. The SMILES string of the molecule is COc1c2c(c(O)c3ncccc13)C(=O)N(Cc1ccc(C(F)(F)F)cc1)C2Sc1cccc(P(=O)(O)O)c1. The predicted molar refractivity (Wildman–Crippen MR) is 138 cm³/mol. The van der Waals surface area contributed by atoms with Gasteiger partial charge in [-0.05, 0) is 48.0 Å². The molecule has 3 aromatic carbocycles. The van der Waals surface area contributed by atoms with Gasteiger partial charge in [0.1, 0.15) is 16.6 Å². The van der Waals surface area contributed by atoms with Crippen LogP contribution in [0, 0.1) is 0 Å². The predicted octanol–water partition coefficient (Wildman–Crippen LogP) is 5.22. The van der Waals surface area contributed by atoms with Crippen LogP contribution < -0.4 is 10.0 Å². The number of halogens is 3. The topological polar surface area (TPSA) is 120 Å². The zero-order chi connectivity index (χ0) is 28.1. The number of hydrogen-bond donors (Lipinski definition) is 3. The molecule has 8 nitrogen and oxygen atoms in total. The number of ether oxygens (including phenoxy) is 1. The lowest BCUT2D eigenvalue weighted by atomic mass is 10.0. The van der Waals surface area contributed by atoms with Crippen LogP contribution in [0.15, 0.2) is 71.8 Å². The van der Waals surface area contributed by atoms with Crippen molar-refractivity contribution in [2.75, 3.05) is 7.11 Å². The first kappa shape index (κ1) is 27.0. The van der Waals surface area contributed by atoms with Crippen LogP contribution in [0.2, 0.25) is 0 Å². The second-order valence-electron chi connectivity index (χ2n) is 8.71. The standard InChI is InChI=1S/C26H20F3N2O6PS/c1-37-23-18-6-3-11-30-21(18)22(32)19-20(23)25(39-17-5-2-4-16(12-17)38(34,35)36)31(24(19)33)13-14-7-9-15(10-8-14)26(27,28)29/h2-12,25,32H,13H2,1H3,(H2,34,35,36). The number of alkyl halides is 3. The number of aromatic nitrogens is 1. The summed E-state index contributed by atoms with van der Waals surface area (Å²) in [5, 5.41) is 10.5. The first-order valence-corrected chi connectivity index (χ1v) is 13.9. The van der Waals surface area contributed by atoms with Gasteiger partial charge in [-0.3, -0.25) is 14.3 Å². The van der Waals surface area contributed by atoms with Crippen molar-refractivity contribution < 1.29 is 42.2 Å². The summed E-state index contributed by atoms with van der Waals surface area (Å²) in [5.41, 5.74) is -0.0309. The maximum absolute atomic E-state index is 13.8. The molecule has 202 valence electrons. The minimum absolute atomic E-state index is 0.0615. The summed E-state index contributed by atoms with van der Waals surface area (Å²) in [5.74, 6) is -0.689. The van der Waals surface area contributed by atoms with Crippen molar-refractivity contribution in [2.24, 2.45) is 0 Å². The summed E-state index contributed by atoms with van der Waals surface area (Å²) in [6, 6.07) is 13.3. The molecule has 4 aromatic rings. The van der Waals surface area contributed by atoms with Crippen molar-refractivity contribution in [3.63, 3.8) is 0 Å². The first-order valence-electron chi connectivity index (χ1n) is 11.4. The highest BCUT2D eigenvalue weighted by Gasteiger charge is 2.44. The number of carbonyl (C=O) groups is 1. The molecular weight excluding hydrogens is 556 g/mol. The van der Waals surface area contributed by atoms with Crippen LogP contribution in [0.5, 0.6) is 11.5 Å². The summed E-state index contributed by atoms with van der Waals surface area (Å²) < 4.78 is 56.8. The number of aromatic hydroxyl groups is 1. The Balaban J connectivity index is 1.65. The fourth-order valence-electron chi connectivity index (χ4n) is 4.50. The Hall–Kier alpha value is -3.57. The molecule has 1 amide bonds. The molecule has 0 saturated heterocycles. The number of pyridine rings is 1. The Morgan fingerprint density at radius 1 is 1.10 bits per heavy atom. The molecule has 0 aliphatic carbocycles. The van der Waals surface area contributed by atoms with E-state index in [4.69, 9.17) is 4.74 Å². The van der Waals surface area contributed by atoms with Gasteiger partial charge in [-0.2, -0.15) is 13.2 Å². The first-order chi connectivity index (χ1) is 18.4. The van der Waals surface area contributed by atoms with E-state index in [1.54, 1.807) is 18.2 Å². The van der Waals surface area contributed by atoms with Crippen molar-refractivity contribution in [1.29, 1.82) is 0 Å². The minimum atomic E-state index is -4.57. The highest BCUT2D eigenvalue weighted by molar-refractivity contribution is 7.99. The number of phenols is 1. The molecule has 0 fully saturated rings. The van der Waals surface area contributed by atoms with E-state index in [9.17, 15) is 37.4 Å². The van der Waals surface area contributed by atoms with E-state index in [1.807, 2.05) is 0 Å². The number of rotatable bonds is 6. The highest BCUT2D eigenvalue weighted by Crippen LogP contribution is 2.54. The number of methoxy groups -OCH3 is 1. The smallest absolute Gasteiger partial charge is 0.416 e. The van der Waals surface area contributed by atoms with Gasteiger partial charge in [0.25, 0.3) is 5.91 Å². The zero-order valence-electron chi connectivity index (χ0n) is 20.1. The molecule has 2 heterocycles. The van der Waals surface area contributed by atoms with Gasteiger partial charge in [-0.15, -0.1) is 0 Å². The molecule has 0 radical (unpaired) electrons. The average Bonchev–Trinajstić information content (AvgIpc) is 3.15. The highest BCUT2D eigenvalue weighted by atomic mass is 32.2. The van der Waals surface area contributed by atoms with Crippen LogP contribution in [0.1, 0.15) is 32.4 Å². The number of nitrogens with zero attached hydrogens (tertiary/aromatic N) is 2. The molecule has 3 N–H and O–H groups in total. The number of hydrogen-bond acceptors (Lipinski definition) is 6. The lowest BCUT2D eigenvalue weighted by Crippen LogP contribution is -2.26. The Morgan fingerprint density at radius 3 is 2.46 bits per heavy atom. The van der Waals surface area contributed by atoms with Gasteiger partial charge >= 0.3 is 13.8 Å². The molecule has 0 spiro atoms. The molecule has 1 atom stereocenters. The monoisotopic (exact) mass is 576 g/mol. The molecule has 0 bridgehead atoms. The van der Waals surface area contributed by atoms with E-state index in [0.717, 1.165) is 23.9 Å². The second-order valence-corrected chi connectivity index (χ2v) is 11.5. The van der Waals surface area contributed by atoms with Crippen LogP contribution in [0.4, 0.5) is 13.2 Å². The van der Waals surface area contributed by atoms with Gasteiger partial charge in [0.05, 0.1) is 23.5 Å². The van der Waals surface area contributed by atoms with Gasteiger partial charge < -0.3 is 24.5 Å². The van der Waals surface area contributed by atoms with Crippen molar-refractivity contribution in [1.82, 2.24) is 9.88 Å². The number of benzene rings is 3. The van der Waals surface area contributed by atoms with Crippen molar-refractivity contribution in [2.45, 2.75) is 23.0 Å². The van der Waals surface area contributed by atoms with Crippen molar-refractivity contribution >= 4 is 41.5 Å². The van der Waals surface area contributed by atoms with Crippen molar-refractivity contribution in [3.8, 4) is 11.5 Å². The zero-order valence-corrected chi connectivity index (χ0v) is 21.8. The van der Waals surface area contributed by atoms with Crippen LogP contribution in [-0.2, 0) is 17.3 Å². The van der Waals surface area contributed by atoms with Gasteiger partial charge in [0.2, 0.25) is 0 Å². The molecule has 1 aliphatic rings. The largest absolute Gasteiger partial charge is 0.505 e. The van der Waals surface area contributed by atoms with E-state index in [0.29, 0.717) is 21.4 Å². The fourth-order valence-corrected chi connectivity index (χ4v) is 6.42. The molecular formula is C26H20F3N2O6PS. The quantitative estimate of drug-likeness (QED) is 0.268. The minimum Gasteiger partial charge on any atom is -0.505 e. The van der Waals surface area contributed by atoms with E-state index >= 15 is 0 Å². The number of thioether (sulfide) groups is 1. The van der Waals surface area contributed by atoms with Crippen LogP contribution in [0.3, 0.4) is 0 Å². The number of phenolic OH excluding ortho intramolecular Hbond substituents is 1. The Bertz CT molecular complexity index is 1640. The Morgan fingerprint density at radius 2 is 1.82 bits per heavy atom. The van der Waals surface area contributed by atoms with E-state index in [2.05, 4.69) is 4.98 Å². The number of fused-ring (bicyclic) bond motifs is 2. The van der Waals surface area contributed by atoms with Gasteiger partial charge in [-0.25, -0.2) is 0 Å². The number of carbonyl (C=O) groups excluding carboxylic acids is 1. The maximum Gasteiger partial charge on any atom is 0.416 e.